The number of para-hydroxylation sites is 1. The average molecular weight is 341 g/mol. The Morgan fingerprint density at radius 3 is 2.16 bits per heavy atom. The zero-order valence-corrected chi connectivity index (χ0v) is 15.2. The number of hydrogen-bond acceptors (Lipinski definition) is 3. The summed E-state index contributed by atoms with van der Waals surface area (Å²) in [6.45, 7) is 4.58. The molecule has 0 amide bonds. The van der Waals surface area contributed by atoms with E-state index in [9.17, 15) is 0 Å². The van der Waals surface area contributed by atoms with Gasteiger partial charge in [0, 0.05) is 32.8 Å². The van der Waals surface area contributed by atoms with Crippen LogP contribution in [0.5, 0.6) is 5.75 Å². The van der Waals surface area contributed by atoms with E-state index in [2.05, 4.69) is 33.8 Å². The number of guanidine groups is 1. The molecule has 134 valence electrons. The van der Waals surface area contributed by atoms with Crippen molar-refractivity contribution < 1.29 is 9.47 Å². The maximum Gasteiger partial charge on any atom is 0.191 e. The molecule has 2 aromatic carbocycles. The molecule has 0 fully saturated rings. The van der Waals surface area contributed by atoms with Crippen LogP contribution in [0.2, 0.25) is 0 Å². The summed E-state index contributed by atoms with van der Waals surface area (Å²) in [5.41, 5.74) is 3.48. The first-order valence-electron chi connectivity index (χ1n) is 8.49. The van der Waals surface area contributed by atoms with Crippen LogP contribution in [0.25, 0.3) is 0 Å². The van der Waals surface area contributed by atoms with Crippen molar-refractivity contribution in [3.63, 3.8) is 0 Å². The number of methoxy groups -OCH3 is 1. The lowest BCUT2D eigenvalue weighted by molar-refractivity contribution is 0.184. The molecule has 0 unspecified atom stereocenters. The summed E-state index contributed by atoms with van der Waals surface area (Å²) >= 11 is 0. The van der Waals surface area contributed by atoms with Gasteiger partial charge in [-0.1, -0.05) is 42.5 Å². The van der Waals surface area contributed by atoms with Gasteiger partial charge in [-0.05, 0) is 24.1 Å². The van der Waals surface area contributed by atoms with Crippen molar-refractivity contribution in [1.29, 1.82) is 0 Å². The largest absolute Gasteiger partial charge is 0.494 e. The molecule has 2 aromatic rings. The molecule has 0 atom stereocenters. The molecule has 0 saturated heterocycles. The zero-order chi connectivity index (χ0) is 17.9. The molecule has 0 radical (unpaired) electrons. The van der Waals surface area contributed by atoms with Crippen LogP contribution in [0.3, 0.4) is 0 Å². The molecule has 2 rings (SSSR count). The molecule has 0 aliphatic rings. The predicted octanol–water partition coefficient (Wildman–Crippen LogP) is 3.10. The van der Waals surface area contributed by atoms with Crippen LogP contribution in [0, 0.1) is 0 Å². The lowest BCUT2D eigenvalue weighted by atomic mass is 10.1. The van der Waals surface area contributed by atoms with Gasteiger partial charge in [0.1, 0.15) is 5.75 Å². The fraction of sp³-hybridized carbons (Fsp3) is 0.350. The van der Waals surface area contributed by atoms with E-state index in [1.54, 1.807) is 14.2 Å². The molecule has 0 aliphatic heterocycles. The fourth-order valence-corrected chi connectivity index (χ4v) is 2.55. The van der Waals surface area contributed by atoms with E-state index >= 15 is 0 Å². The van der Waals surface area contributed by atoms with Crippen molar-refractivity contribution in [2.24, 2.45) is 4.99 Å². The van der Waals surface area contributed by atoms with Crippen LogP contribution in [-0.4, -0.2) is 26.7 Å². The van der Waals surface area contributed by atoms with Crippen molar-refractivity contribution in [3.05, 3.63) is 65.2 Å². The quantitative estimate of drug-likeness (QED) is 0.572. The molecule has 5 heteroatoms. The smallest absolute Gasteiger partial charge is 0.191 e. The number of aliphatic imine (C=N–C) groups is 1. The second-order valence-electron chi connectivity index (χ2n) is 5.52. The van der Waals surface area contributed by atoms with Crippen LogP contribution < -0.4 is 15.4 Å². The number of rotatable bonds is 8. The zero-order valence-electron chi connectivity index (χ0n) is 15.2. The van der Waals surface area contributed by atoms with Gasteiger partial charge in [-0.3, -0.25) is 4.99 Å². The minimum absolute atomic E-state index is 0.603. The Morgan fingerprint density at radius 2 is 1.52 bits per heavy atom. The number of nitrogens with zero attached hydrogens (tertiary/aromatic N) is 1. The van der Waals surface area contributed by atoms with Gasteiger partial charge in [-0.25, -0.2) is 0 Å². The lowest BCUT2D eigenvalue weighted by Crippen LogP contribution is -2.36. The summed E-state index contributed by atoms with van der Waals surface area (Å²) in [4.78, 5) is 4.29. The number of hydrogen-bond donors (Lipinski definition) is 2. The Bertz CT molecular complexity index is 631. The highest BCUT2D eigenvalue weighted by molar-refractivity contribution is 5.79. The van der Waals surface area contributed by atoms with Gasteiger partial charge in [0.25, 0.3) is 0 Å². The first-order chi connectivity index (χ1) is 12.3. The van der Waals surface area contributed by atoms with Gasteiger partial charge >= 0.3 is 0 Å². The highest BCUT2D eigenvalue weighted by Gasteiger charge is 2.06. The molecule has 5 nitrogen and oxygen atoms in total. The van der Waals surface area contributed by atoms with Crippen molar-refractivity contribution in [2.75, 3.05) is 20.8 Å². The van der Waals surface area contributed by atoms with Crippen LogP contribution in [0.1, 0.15) is 23.6 Å². The Balaban J connectivity index is 1.94. The van der Waals surface area contributed by atoms with Crippen molar-refractivity contribution in [2.45, 2.75) is 26.6 Å². The summed E-state index contributed by atoms with van der Waals surface area (Å²) in [6, 6.07) is 16.3. The highest BCUT2D eigenvalue weighted by atomic mass is 16.5. The molecule has 25 heavy (non-hydrogen) atoms. The lowest BCUT2D eigenvalue weighted by Gasteiger charge is -2.15. The summed E-state index contributed by atoms with van der Waals surface area (Å²) < 4.78 is 10.9. The Morgan fingerprint density at radius 1 is 0.920 bits per heavy atom. The number of benzene rings is 2. The Kier molecular flexibility index (Phi) is 7.79. The Labute approximate surface area is 150 Å². The summed E-state index contributed by atoms with van der Waals surface area (Å²) in [5, 5.41) is 6.68. The predicted molar refractivity (Wildman–Crippen MR) is 102 cm³/mol. The minimum Gasteiger partial charge on any atom is -0.494 e. The summed E-state index contributed by atoms with van der Waals surface area (Å²) in [6.07, 6.45) is 0. The summed E-state index contributed by atoms with van der Waals surface area (Å²) in [7, 11) is 3.48. The standard InChI is InChI=1S/C20H27N3O2/c1-4-25-19-12-8-7-10-17(19)14-23-20(21-2)22-13-16-9-5-6-11-18(16)15-24-3/h5-12H,4,13-15H2,1-3H3,(H2,21,22,23). The van der Waals surface area contributed by atoms with Gasteiger partial charge in [0.05, 0.1) is 13.2 Å². The fourth-order valence-electron chi connectivity index (χ4n) is 2.55. The van der Waals surface area contributed by atoms with E-state index in [0.29, 0.717) is 26.3 Å². The molecule has 0 saturated carbocycles. The van der Waals surface area contributed by atoms with Crippen molar-refractivity contribution in [1.82, 2.24) is 10.6 Å². The summed E-state index contributed by atoms with van der Waals surface area (Å²) in [5.74, 6) is 1.65. The van der Waals surface area contributed by atoms with Gasteiger partial charge in [0.15, 0.2) is 5.96 Å². The monoisotopic (exact) mass is 341 g/mol. The van der Waals surface area contributed by atoms with Gasteiger partial charge in [0.2, 0.25) is 0 Å². The average Bonchev–Trinajstić information content (AvgIpc) is 2.64. The van der Waals surface area contributed by atoms with E-state index in [1.165, 1.54) is 11.1 Å². The van der Waals surface area contributed by atoms with E-state index in [-0.39, 0.29) is 0 Å². The number of ether oxygens (including phenoxy) is 2. The molecule has 2 N–H and O–H groups in total. The first-order valence-corrected chi connectivity index (χ1v) is 8.49. The third-order valence-electron chi connectivity index (χ3n) is 3.81. The van der Waals surface area contributed by atoms with E-state index in [4.69, 9.17) is 9.47 Å². The van der Waals surface area contributed by atoms with Crippen LogP contribution in [0.15, 0.2) is 53.5 Å². The Hall–Kier alpha value is -2.53. The molecule has 0 bridgehead atoms. The highest BCUT2D eigenvalue weighted by Crippen LogP contribution is 2.17. The normalized spacial score (nSPS) is 11.2. The molecular formula is C20H27N3O2. The van der Waals surface area contributed by atoms with Crippen LogP contribution >= 0.6 is 0 Å². The van der Waals surface area contributed by atoms with Gasteiger partial charge in [-0.2, -0.15) is 0 Å². The molecule has 0 aromatic heterocycles. The first kappa shape index (κ1) is 18.8. The second kappa shape index (κ2) is 10.4. The van der Waals surface area contributed by atoms with Crippen molar-refractivity contribution in [3.8, 4) is 5.75 Å². The van der Waals surface area contributed by atoms with E-state index in [0.717, 1.165) is 17.3 Å². The maximum atomic E-state index is 5.66. The molecule has 0 aliphatic carbocycles. The molecule has 0 spiro atoms. The third-order valence-corrected chi connectivity index (χ3v) is 3.81. The second-order valence-corrected chi connectivity index (χ2v) is 5.52. The SMILES string of the molecule is CCOc1ccccc1CNC(=NC)NCc1ccccc1COC. The van der Waals surface area contributed by atoms with Crippen LogP contribution in [-0.2, 0) is 24.4 Å². The maximum absolute atomic E-state index is 5.66. The van der Waals surface area contributed by atoms with Gasteiger partial charge < -0.3 is 20.1 Å². The molecular weight excluding hydrogens is 314 g/mol. The minimum atomic E-state index is 0.603. The van der Waals surface area contributed by atoms with Crippen LogP contribution in [0.4, 0.5) is 0 Å². The third kappa shape index (κ3) is 5.80. The van der Waals surface area contributed by atoms with Gasteiger partial charge in [-0.15, -0.1) is 0 Å². The molecule has 0 heterocycles. The van der Waals surface area contributed by atoms with Crippen molar-refractivity contribution >= 4 is 5.96 Å². The number of nitrogens with one attached hydrogen (secondary N) is 2. The topological polar surface area (TPSA) is 54.9 Å². The van der Waals surface area contributed by atoms with E-state index in [1.807, 2.05) is 37.3 Å². The van der Waals surface area contributed by atoms with E-state index < -0.39 is 0 Å².